The first-order chi connectivity index (χ1) is 12.5. The van der Waals surface area contributed by atoms with Crippen molar-refractivity contribution in [3.8, 4) is 0 Å². The molecule has 0 fully saturated rings. The molecule has 0 saturated carbocycles. The van der Waals surface area contributed by atoms with Crippen molar-refractivity contribution in [1.29, 1.82) is 0 Å². The van der Waals surface area contributed by atoms with Gasteiger partial charge in [-0.3, -0.25) is 9.59 Å². The highest BCUT2D eigenvalue weighted by atomic mass is 16.5. The van der Waals surface area contributed by atoms with E-state index >= 15 is 0 Å². The molecule has 1 atom stereocenters. The molecule has 2 rings (SSSR count). The van der Waals surface area contributed by atoms with E-state index in [4.69, 9.17) is 10.5 Å². The van der Waals surface area contributed by atoms with Gasteiger partial charge in [0.1, 0.15) is 0 Å². The van der Waals surface area contributed by atoms with Crippen LogP contribution in [0, 0.1) is 0 Å². The Morgan fingerprint density at radius 3 is 2.69 bits per heavy atom. The van der Waals surface area contributed by atoms with Crippen LogP contribution in [0.3, 0.4) is 0 Å². The summed E-state index contributed by atoms with van der Waals surface area (Å²) in [7, 11) is 0. The number of unbranched alkanes of at least 4 members (excludes halogenated alkanes) is 2. The molecule has 26 heavy (non-hydrogen) atoms. The van der Waals surface area contributed by atoms with Gasteiger partial charge in [-0.25, -0.2) is 4.79 Å². The summed E-state index contributed by atoms with van der Waals surface area (Å²) in [5, 5.41) is 5.29. The number of urea groups is 1. The summed E-state index contributed by atoms with van der Waals surface area (Å²) in [6, 6.07) is 5.38. The molecule has 3 amide bonds. The molecule has 1 aliphatic rings. The second kappa shape index (κ2) is 9.79. The number of ether oxygens (including phenoxy) is 1. The predicted octanol–water partition coefficient (Wildman–Crippen LogP) is 2.27. The van der Waals surface area contributed by atoms with Crippen molar-refractivity contribution < 1.29 is 19.1 Å². The van der Waals surface area contributed by atoms with E-state index in [1.165, 1.54) is 11.1 Å². The third-order valence-electron chi connectivity index (χ3n) is 4.40. The number of hydrogen-bond donors (Lipinski definition) is 3. The SMILES string of the molecule is C[C@H](OC(=O)CCCCCNC(N)=O)C(=O)Nc1ccc2c(c1)CCC2. The molecule has 0 heterocycles. The number of hydrogen-bond acceptors (Lipinski definition) is 4. The number of carbonyl (C=O) groups is 3. The van der Waals surface area contributed by atoms with Gasteiger partial charge in [-0.1, -0.05) is 12.5 Å². The molecule has 7 heteroatoms. The minimum atomic E-state index is -0.840. The number of amides is 3. The monoisotopic (exact) mass is 361 g/mol. The summed E-state index contributed by atoms with van der Waals surface area (Å²) < 4.78 is 5.18. The molecule has 142 valence electrons. The van der Waals surface area contributed by atoms with Crippen molar-refractivity contribution in [2.45, 2.75) is 58.0 Å². The Morgan fingerprint density at radius 2 is 1.92 bits per heavy atom. The van der Waals surface area contributed by atoms with E-state index in [1.54, 1.807) is 6.92 Å². The Morgan fingerprint density at radius 1 is 1.15 bits per heavy atom. The summed E-state index contributed by atoms with van der Waals surface area (Å²) in [6.07, 6.45) is 4.84. The van der Waals surface area contributed by atoms with Gasteiger partial charge in [0.15, 0.2) is 6.10 Å². The number of carbonyl (C=O) groups excluding carboxylic acids is 3. The predicted molar refractivity (Wildman–Crippen MR) is 98.7 cm³/mol. The maximum absolute atomic E-state index is 12.2. The van der Waals surface area contributed by atoms with Crippen LogP contribution < -0.4 is 16.4 Å². The lowest BCUT2D eigenvalue weighted by Crippen LogP contribution is -2.30. The van der Waals surface area contributed by atoms with Crippen LogP contribution in [0.2, 0.25) is 0 Å². The van der Waals surface area contributed by atoms with E-state index in [0.717, 1.165) is 37.8 Å². The summed E-state index contributed by atoms with van der Waals surface area (Å²) >= 11 is 0. The van der Waals surface area contributed by atoms with E-state index in [0.29, 0.717) is 13.0 Å². The van der Waals surface area contributed by atoms with Crippen LogP contribution in [0.4, 0.5) is 10.5 Å². The third-order valence-corrected chi connectivity index (χ3v) is 4.40. The van der Waals surface area contributed by atoms with E-state index in [9.17, 15) is 14.4 Å². The summed E-state index contributed by atoms with van der Waals surface area (Å²) in [4.78, 5) is 34.5. The van der Waals surface area contributed by atoms with Crippen LogP contribution in [-0.2, 0) is 27.2 Å². The first kappa shape index (κ1) is 19.8. The number of primary amides is 1. The minimum absolute atomic E-state index is 0.243. The fourth-order valence-electron chi connectivity index (χ4n) is 2.99. The Kier molecular flexibility index (Phi) is 7.44. The lowest BCUT2D eigenvalue weighted by atomic mass is 10.1. The number of fused-ring (bicyclic) bond motifs is 1. The number of rotatable bonds is 9. The summed E-state index contributed by atoms with van der Waals surface area (Å²) in [6.45, 7) is 2.06. The molecule has 0 spiro atoms. The Labute approximate surface area is 153 Å². The quantitative estimate of drug-likeness (QED) is 0.463. The van der Waals surface area contributed by atoms with Crippen molar-refractivity contribution in [2.75, 3.05) is 11.9 Å². The van der Waals surface area contributed by atoms with Gasteiger partial charge in [-0.05, 0) is 62.3 Å². The highest BCUT2D eigenvalue weighted by molar-refractivity contribution is 5.95. The first-order valence-electron chi connectivity index (χ1n) is 9.11. The highest BCUT2D eigenvalue weighted by Crippen LogP contribution is 2.25. The molecular formula is C19H27N3O4. The molecule has 0 saturated heterocycles. The lowest BCUT2D eigenvalue weighted by Gasteiger charge is -2.14. The number of benzene rings is 1. The van der Waals surface area contributed by atoms with E-state index in [2.05, 4.69) is 10.6 Å². The molecule has 0 radical (unpaired) electrons. The van der Waals surface area contributed by atoms with Crippen LogP contribution in [-0.4, -0.2) is 30.6 Å². The van der Waals surface area contributed by atoms with Crippen molar-refractivity contribution >= 4 is 23.6 Å². The fraction of sp³-hybridized carbons (Fsp3) is 0.526. The van der Waals surface area contributed by atoms with E-state index < -0.39 is 18.1 Å². The van der Waals surface area contributed by atoms with Crippen LogP contribution in [0.15, 0.2) is 18.2 Å². The second-order valence-corrected chi connectivity index (χ2v) is 6.56. The van der Waals surface area contributed by atoms with E-state index in [-0.39, 0.29) is 12.3 Å². The van der Waals surface area contributed by atoms with Crippen molar-refractivity contribution in [2.24, 2.45) is 5.73 Å². The number of aryl methyl sites for hydroxylation is 2. The molecule has 0 bridgehead atoms. The smallest absolute Gasteiger partial charge is 0.312 e. The maximum Gasteiger partial charge on any atom is 0.312 e. The molecule has 4 N–H and O–H groups in total. The molecule has 1 aromatic carbocycles. The van der Waals surface area contributed by atoms with Crippen molar-refractivity contribution in [1.82, 2.24) is 5.32 Å². The van der Waals surface area contributed by atoms with Gasteiger partial charge in [-0.2, -0.15) is 0 Å². The van der Waals surface area contributed by atoms with Gasteiger partial charge in [0, 0.05) is 18.7 Å². The van der Waals surface area contributed by atoms with Crippen LogP contribution in [0.5, 0.6) is 0 Å². The van der Waals surface area contributed by atoms with Gasteiger partial charge in [0.25, 0.3) is 5.91 Å². The lowest BCUT2D eigenvalue weighted by molar-refractivity contribution is -0.153. The van der Waals surface area contributed by atoms with Crippen molar-refractivity contribution in [3.63, 3.8) is 0 Å². The molecule has 1 aliphatic carbocycles. The maximum atomic E-state index is 12.2. The van der Waals surface area contributed by atoms with Gasteiger partial charge < -0.3 is 21.1 Å². The van der Waals surface area contributed by atoms with Gasteiger partial charge in [-0.15, -0.1) is 0 Å². The van der Waals surface area contributed by atoms with Gasteiger partial charge in [0.2, 0.25) is 0 Å². The number of nitrogens with one attached hydrogen (secondary N) is 2. The molecule has 0 unspecified atom stereocenters. The topological polar surface area (TPSA) is 111 Å². The zero-order valence-electron chi connectivity index (χ0n) is 15.2. The van der Waals surface area contributed by atoms with Crippen molar-refractivity contribution in [3.05, 3.63) is 29.3 Å². The standard InChI is InChI=1S/C19H27N3O4/c1-13(26-17(23)8-3-2-4-11-21-19(20)25)18(24)22-16-10-9-14-6-5-7-15(14)12-16/h9-10,12-13H,2-8,11H2,1H3,(H,22,24)(H3,20,21,25)/t13-/m0/s1. The molecule has 0 aliphatic heterocycles. The first-order valence-corrected chi connectivity index (χ1v) is 9.11. The molecule has 0 aromatic heterocycles. The Balaban J connectivity index is 1.66. The normalized spacial score (nSPS) is 13.6. The highest BCUT2D eigenvalue weighted by Gasteiger charge is 2.18. The largest absolute Gasteiger partial charge is 0.453 e. The van der Waals surface area contributed by atoms with Gasteiger partial charge in [0.05, 0.1) is 0 Å². The van der Waals surface area contributed by atoms with Gasteiger partial charge >= 0.3 is 12.0 Å². The Hall–Kier alpha value is -2.57. The second-order valence-electron chi connectivity index (χ2n) is 6.56. The summed E-state index contributed by atoms with van der Waals surface area (Å²) in [5.74, 6) is -0.730. The number of esters is 1. The van der Waals surface area contributed by atoms with E-state index in [1.807, 2.05) is 18.2 Å². The fourth-order valence-corrected chi connectivity index (χ4v) is 2.99. The zero-order chi connectivity index (χ0) is 18.9. The Bertz CT molecular complexity index is 660. The average molecular weight is 361 g/mol. The van der Waals surface area contributed by atoms with Crippen LogP contribution >= 0.6 is 0 Å². The molecule has 1 aromatic rings. The van der Waals surface area contributed by atoms with Crippen LogP contribution in [0.25, 0.3) is 0 Å². The summed E-state index contributed by atoms with van der Waals surface area (Å²) in [5.41, 5.74) is 8.31. The molecule has 7 nitrogen and oxygen atoms in total. The molecular weight excluding hydrogens is 334 g/mol. The zero-order valence-corrected chi connectivity index (χ0v) is 15.2. The number of nitrogens with two attached hydrogens (primary N) is 1. The number of anilines is 1. The van der Waals surface area contributed by atoms with Crippen LogP contribution in [0.1, 0.15) is 50.2 Å². The average Bonchev–Trinajstić information content (AvgIpc) is 3.05. The minimum Gasteiger partial charge on any atom is -0.453 e. The third kappa shape index (κ3) is 6.38.